The van der Waals surface area contributed by atoms with Crippen molar-refractivity contribution in [3.8, 4) is 0 Å². The highest BCUT2D eigenvalue weighted by Gasteiger charge is 2.29. The summed E-state index contributed by atoms with van der Waals surface area (Å²) in [4.78, 5) is 17.9. The molecule has 1 saturated heterocycles. The van der Waals surface area contributed by atoms with Crippen LogP contribution in [0.25, 0.3) is 0 Å². The van der Waals surface area contributed by atoms with Crippen molar-refractivity contribution in [3.63, 3.8) is 0 Å². The molecule has 1 aromatic heterocycles. The molecule has 116 valence electrons. The molecule has 5 nitrogen and oxygen atoms in total. The van der Waals surface area contributed by atoms with Gasteiger partial charge in [0.1, 0.15) is 11.9 Å². The van der Waals surface area contributed by atoms with Crippen molar-refractivity contribution in [2.45, 2.75) is 38.4 Å². The number of benzene rings is 1. The van der Waals surface area contributed by atoms with Crippen LogP contribution in [-0.2, 0) is 17.9 Å². The van der Waals surface area contributed by atoms with Gasteiger partial charge < -0.3 is 9.67 Å². The summed E-state index contributed by atoms with van der Waals surface area (Å²) in [6.07, 6.45) is 6.53. The smallest absolute Gasteiger partial charge is 0.320 e. The summed E-state index contributed by atoms with van der Waals surface area (Å²) in [5.74, 6) is 0.206. The third-order valence-electron chi connectivity index (χ3n) is 4.24. The molecule has 1 aliphatic rings. The van der Waals surface area contributed by atoms with E-state index >= 15 is 0 Å². The number of imidazole rings is 1. The summed E-state index contributed by atoms with van der Waals surface area (Å²) in [6, 6.07) is 9.85. The Labute approximate surface area is 130 Å². The van der Waals surface area contributed by atoms with Crippen molar-refractivity contribution < 1.29 is 9.90 Å². The lowest BCUT2D eigenvalue weighted by molar-refractivity contribution is -0.144. The predicted octanol–water partition coefficient (Wildman–Crippen LogP) is 2.37. The zero-order valence-electron chi connectivity index (χ0n) is 12.6. The van der Waals surface area contributed by atoms with Gasteiger partial charge in [0.15, 0.2) is 0 Å². The number of rotatable bonds is 5. The molecule has 2 heterocycles. The van der Waals surface area contributed by atoms with Crippen molar-refractivity contribution >= 4 is 5.97 Å². The van der Waals surface area contributed by atoms with Gasteiger partial charge in [-0.1, -0.05) is 36.8 Å². The van der Waals surface area contributed by atoms with Crippen molar-refractivity contribution in [1.82, 2.24) is 14.5 Å². The Balaban J connectivity index is 1.73. The van der Waals surface area contributed by atoms with Gasteiger partial charge in [-0.3, -0.25) is 9.69 Å². The summed E-state index contributed by atoms with van der Waals surface area (Å²) in [6.45, 7) is 2.19. The lowest BCUT2D eigenvalue weighted by atomic mass is 10.0. The van der Waals surface area contributed by atoms with E-state index in [1.165, 1.54) is 5.56 Å². The first kappa shape index (κ1) is 14.8. The molecule has 2 aromatic rings. The molecule has 0 amide bonds. The lowest BCUT2D eigenvalue weighted by Crippen LogP contribution is -2.44. The van der Waals surface area contributed by atoms with E-state index in [-0.39, 0.29) is 6.04 Å². The number of carbonyl (C=O) groups is 1. The van der Waals surface area contributed by atoms with E-state index in [2.05, 4.69) is 21.7 Å². The Morgan fingerprint density at radius 3 is 2.82 bits per heavy atom. The molecule has 1 atom stereocenters. The van der Waals surface area contributed by atoms with Crippen molar-refractivity contribution in [2.75, 3.05) is 6.54 Å². The van der Waals surface area contributed by atoms with Gasteiger partial charge in [0.05, 0.1) is 6.54 Å². The van der Waals surface area contributed by atoms with Gasteiger partial charge in [0.25, 0.3) is 0 Å². The summed E-state index contributed by atoms with van der Waals surface area (Å²) in [5.41, 5.74) is 1.22. The van der Waals surface area contributed by atoms with E-state index in [9.17, 15) is 9.90 Å². The molecule has 1 aromatic carbocycles. The number of nitrogens with zero attached hydrogens (tertiary/aromatic N) is 3. The highest BCUT2D eigenvalue weighted by molar-refractivity contribution is 5.73. The SMILES string of the molecule is O=C(O)C1CCCCN1Cc1nccn1Cc1ccccc1. The van der Waals surface area contributed by atoms with Crippen LogP contribution in [-0.4, -0.2) is 38.1 Å². The Morgan fingerprint density at radius 1 is 1.23 bits per heavy atom. The van der Waals surface area contributed by atoms with Crippen LogP contribution >= 0.6 is 0 Å². The monoisotopic (exact) mass is 299 g/mol. The van der Waals surface area contributed by atoms with Gasteiger partial charge in [0, 0.05) is 18.9 Å². The molecule has 5 heteroatoms. The fraction of sp³-hybridized carbons (Fsp3) is 0.412. The predicted molar refractivity (Wildman–Crippen MR) is 83.5 cm³/mol. The molecule has 1 fully saturated rings. The van der Waals surface area contributed by atoms with Crippen molar-refractivity contribution in [3.05, 3.63) is 54.1 Å². The second-order valence-corrected chi connectivity index (χ2v) is 5.78. The highest BCUT2D eigenvalue weighted by atomic mass is 16.4. The molecule has 0 radical (unpaired) electrons. The van der Waals surface area contributed by atoms with Crippen LogP contribution in [0.3, 0.4) is 0 Å². The maximum atomic E-state index is 11.4. The van der Waals surface area contributed by atoms with E-state index in [1.807, 2.05) is 29.3 Å². The third kappa shape index (κ3) is 3.36. The standard InChI is InChI=1S/C17H21N3O2/c21-17(22)15-8-4-5-10-19(15)13-16-18-9-11-20(16)12-14-6-2-1-3-7-14/h1-3,6-7,9,11,15H,4-5,8,10,12-13H2,(H,21,22). The molecular formula is C17H21N3O2. The average molecular weight is 299 g/mol. The molecule has 22 heavy (non-hydrogen) atoms. The molecule has 0 aliphatic carbocycles. The number of hydrogen-bond acceptors (Lipinski definition) is 3. The van der Waals surface area contributed by atoms with Gasteiger partial charge in [0.2, 0.25) is 0 Å². The number of hydrogen-bond donors (Lipinski definition) is 1. The van der Waals surface area contributed by atoms with Gasteiger partial charge in [-0.2, -0.15) is 0 Å². The number of likely N-dealkylation sites (tertiary alicyclic amines) is 1. The maximum absolute atomic E-state index is 11.4. The number of carboxylic acid groups (broad SMARTS) is 1. The first-order valence-electron chi connectivity index (χ1n) is 7.75. The van der Waals surface area contributed by atoms with E-state index in [4.69, 9.17) is 0 Å². The number of aromatic nitrogens is 2. The molecule has 0 spiro atoms. The normalized spacial score (nSPS) is 19.2. The van der Waals surface area contributed by atoms with Crippen molar-refractivity contribution in [2.24, 2.45) is 0 Å². The Morgan fingerprint density at radius 2 is 2.05 bits per heavy atom. The van der Waals surface area contributed by atoms with E-state index in [1.54, 1.807) is 6.20 Å². The molecule has 1 N–H and O–H groups in total. The highest BCUT2D eigenvalue weighted by Crippen LogP contribution is 2.19. The van der Waals surface area contributed by atoms with Crippen LogP contribution in [0.5, 0.6) is 0 Å². The van der Waals surface area contributed by atoms with Crippen LogP contribution in [0.1, 0.15) is 30.7 Å². The molecule has 0 bridgehead atoms. The second kappa shape index (κ2) is 6.75. The minimum atomic E-state index is -0.721. The minimum Gasteiger partial charge on any atom is -0.480 e. The van der Waals surface area contributed by atoms with Crippen LogP contribution in [0.15, 0.2) is 42.7 Å². The first-order chi connectivity index (χ1) is 10.7. The van der Waals surface area contributed by atoms with Crippen LogP contribution < -0.4 is 0 Å². The van der Waals surface area contributed by atoms with Gasteiger partial charge in [-0.25, -0.2) is 4.98 Å². The van der Waals surface area contributed by atoms with Crippen LogP contribution in [0, 0.1) is 0 Å². The number of piperidine rings is 1. The van der Waals surface area contributed by atoms with Gasteiger partial charge in [-0.05, 0) is 24.9 Å². The third-order valence-corrected chi connectivity index (χ3v) is 4.24. The van der Waals surface area contributed by atoms with Gasteiger partial charge >= 0.3 is 5.97 Å². The fourth-order valence-corrected chi connectivity index (χ4v) is 3.06. The fourth-order valence-electron chi connectivity index (χ4n) is 3.06. The van der Waals surface area contributed by atoms with Crippen LogP contribution in [0.2, 0.25) is 0 Å². The van der Waals surface area contributed by atoms with Gasteiger partial charge in [-0.15, -0.1) is 0 Å². The molecule has 0 saturated carbocycles. The molecule has 1 unspecified atom stereocenters. The van der Waals surface area contributed by atoms with E-state index in [0.717, 1.165) is 38.2 Å². The average Bonchev–Trinajstić information content (AvgIpc) is 2.96. The Bertz CT molecular complexity index is 624. The summed E-state index contributed by atoms with van der Waals surface area (Å²) < 4.78 is 2.10. The topological polar surface area (TPSA) is 58.4 Å². The van der Waals surface area contributed by atoms with E-state index in [0.29, 0.717) is 6.54 Å². The maximum Gasteiger partial charge on any atom is 0.320 e. The lowest BCUT2D eigenvalue weighted by Gasteiger charge is -2.32. The van der Waals surface area contributed by atoms with E-state index < -0.39 is 5.97 Å². The zero-order valence-corrected chi connectivity index (χ0v) is 12.6. The number of carboxylic acids is 1. The molecular weight excluding hydrogens is 278 g/mol. The largest absolute Gasteiger partial charge is 0.480 e. The first-order valence-corrected chi connectivity index (χ1v) is 7.75. The summed E-state index contributed by atoms with van der Waals surface area (Å²) in [5, 5.41) is 9.37. The van der Waals surface area contributed by atoms with Crippen LogP contribution in [0.4, 0.5) is 0 Å². The Hall–Kier alpha value is -2.14. The summed E-state index contributed by atoms with van der Waals surface area (Å²) in [7, 11) is 0. The second-order valence-electron chi connectivity index (χ2n) is 5.78. The molecule has 3 rings (SSSR count). The zero-order chi connectivity index (χ0) is 15.4. The van der Waals surface area contributed by atoms with Crippen molar-refractivity contribution in [1.29, 1.82) is 0 Å². The quantitative estimate of drug-likeness (QED) is 0.921. The number of aliphatic carboxylic acids is 1. The Kier molecular flexibility index (Phi) is 4.53. The summed E-state index contributed by atoms with van der Waals surface area (Å²) >= 11 is 0. The molecule has 1 aliphatic heterocycles. The minimum absolute atomic E-state index is 0.379.